The van der Waals surface area contributed by atoms with Gasteiger partial charge in [-0.2, -0.15) is 0 Å². The van der Waals surface area contributed by atoms with Crippen LogP contribution in [0.15, 0.2) is 29.4 Å². The monoisotopic (exact) mass is 430 g/mol. The molecule has 0 saturated heterocycles. The van der Waals surface area contributed by atoms with Crippen LogP contribution in [0.3, 0.4) is 0 Å². The smallest absolute Gasteiger partial charge is 0.325 e. The van der Waals surface area contributed by atoms with E-state index < -0.39 is 0 Å². The lowest BCUT2D eigenvalue weighted by Crippen LogP contribution is -2.41. The molecule has 2 heterocycles. The number of H-pyrrole nitrogens is 1. The molecule has 2 N–H and O–H groups in total. The number of benzene rings is 1. The number of anilines is 1. The maximum absolute atomic E-state index is 13.2. The highest BCUT2D eigenvalue weighted by Crippen LogP contribution is 2.25. The van der Waals surface area contributed by atoms with Crippen LogP contribution in [0.2, 0.25) is 5.02 Å². The lowest BCUT2D eigenvalue weighted by Gasteiger charge is -2.25. The Morgan fingerprint density at radius 3 is 2.77 bits per heavy atom. The number of aldehydes is 1. The van der Waals surface area contributed by atoms with Crippen molar-refractivity contribution in [2.75, 3.05) is 18.5 Å². The first kappa shape index (κ1) is 21.4. The molecule has 1 aromatic carbocycles. The first-order valence-electron chi connectivity index (χ1n) is 9.32. The van der Waals surface area contributed by atoms with Gasteiger partial charge in [-0.25, -0.2) is 9.78 Å². The predicted octanol–water partition coefficient (Wildman–Crippen LogP) is 3.64. The molecule has 0 atom stereocenters. The van der Waals surface area contributed by atoms with Crippen molar-refractivity contribution in [1.29, 1.82) is 0 Å². The topological polar surface area (TPSA) is 107 Å². The van der Waals surface area contributed by atoms with Gasteiger partial charge >= 0.3 is 6.03 Å². The average molecular weight is 431 g/mol. The highest BCUT2D eigenvalue weighted by Gasteiger charge is 2.27. The summed E-state index contributed by atoms with van der Waals surface area (Å²) in [4.78, 5) is 35.4. The molecule has 0 spiro atoms. The van der Waals surface area contributed by atoms with E-state index in [1.165, 1.54) is 14.4 Å². The summed E-state index contributed by atoms with van der Waals surface area (Å²) in [6.45, 7) is 3.97. The summed E-state index contributed by atoms with van der Waals surface area (Å²) in [6.07, 6.45) is 0.631. The first-order chi connectivity index (χ1) is 14.3. The number of nitrogens with one attached hydrogen (secondary N) is 1. The minimum atomic E-state index is -0.325. The van der Waals surface area contributed by atoms with Gasteiger partial charge in [0.25, 0.3) is 0 Å². The Labute approximate surface area is 178 Å². The van der Waals surface area contributed by atoms with Crippen LogP contribution in [0.5, 0.6) is 0 Å². The molecule has 0 radical (unpaired) electrons. The van der Waals surface area contributed by atoms with Crippen LogP contribution in [-0.2, 0) is 13.6 Å². The van der Waals surface area contributed by atoms with Crippen LogP contribution < -0.4 is 4.90 Å². The van der Waals surface area contributed by atoms with Gasteiger partial charge in [0.15, 0.2) is 17.9 Å². The number of nitrogens with zero attached hydrogens (tertiary/aromatic N) is 5. The minimum absolute atomic E-state index is 0.213. The Morgan fingerprint density at radius 2 is 2.17 bits per heavy atom. The van der Waals surface area contributed by atoms with E-state index in [0.29, 0.717) is 30.2 Å². The van der Waals surface area contributed by atoms with E-state index >= 15 is 0 Å². The summed E-state index contributed by atoms with van der Waals surface area (Å²) in [6, 6.07) is 7.17. The zero-order valence-electron chi connectivity index (χ0n) is 17.2. The highest BCUT2D eigenvalue weighted by atomic mass is 35.5. The quantitative estimate of drug-likeness (QED) is 0.269. The Balaban J connectivity index is 1.90. The number of oxime groups is 1. The number of carbonyl (C=O) groups excluding carboxylic acids is 2. The molecular weight excluding hydrogens is 408 g/mol. The van der Waals surface area contributed by atoms with Crippen molar-refractivity contribution in [3.8, 4) is 0 Å². The van der Waals surface area contributed by atoms with E-state index in [4.69, 9.17) is 16.8 Å². The molecular formula is C20H23ClN6O3. The third kappa shape index (κ3) is 3.76. The third-order valence-corrected chi connectivity index (χ3v) is 5.24. The lowest BCUT2D eigenvalue weighted by atomic mass is 10.2. The van der Waals surface area contributed by atoms with Gasteiger partial charge in [-0.15, -0.1) is 0 Å². The second-order valence-corrected chi connectivity index (χ2v) is 7.29. The van der Waals surface area contributed by atoms with Crippen LogP contribution in [0.4, 0.5) is 10.6 Å². The van der Waals surface area contributed by atoms with Crippen molar-refractivity contribution in [3.63, 3.8) is 0 Å². The van der Waals surface area contributed by atoms with Crippen LogP contribution in [0.25, 0.3) is 10.9 Å². The molecule has 2 aromatic heterocycles. The van der Waals surface area contributed by atoms with Gasteiger partial charge in [0, 0.05) is 42.3 Å². The number of fused-ring (bicyclic) bond motifs is 1. The van der Waals surface area contributed by atoms with Crippen molar-refractivity contribution in [2.24, 2.45) is 12.2 Å². The van der Waals surface area contributed by atoms with Gasteiger partial charge in [-0.05, 0) is 32.0 Å². The fraction of sp³-hybridized carbons (Fsp3) is 0.300. The Bertz CT molecular complexity index is 1130. The number of rotatable bonds is 6. The number of aromatic nitrogens is 3. The molecule has 0 aliphatic carbocycles. The molecule has 0 bridgehead atoms. The van der Waals surface area contributed by atoms with E-state index in [1.54, 1.807) is 27.9 Å². The number of aromatic amines is 1. The van der Waals surface area contributed by atoms with Gasteiger partial charge in [0.2, 0.25) is 0 Å². The van der Waals surface area contributed by atoms with Crippen molar-refractivity contribution in [1.82, 2.24) is 19.4 Å². The molecule has 10 heteroatoms. The van der Waals surface area contributed by atoms with Gasteiger partial charge in [0.1, 0.15) is 11.4 Å². The molecule has 0 aliphatic rings. The standard InChI is InChI=1S/C20H23ClN6O3/c1-5-27(19-17(11-28)26(4)18(23-19)12(2)24-30)20(29)25(3)10-13-9-14-15(21)7-6-8-16(14)22-13/h6-9,11,22,30H,5,10H2,1-4H3/b24-12-. The Morgan fingerprint density at radius 1 is 1.43 bits per heavy atom. The SMILES string of the molecule is CCN(C(=O)N(C)Cc1cc2c(Cl)cccc2[nH]1)c1nc(/C(C)=N\O)n(C)c1C=O. The van der Waals surface area contributed by atoms with E-state index in [1.807, 2.05) is 24.3 Å². The molecule has 2 amide bonds. The molecule has 0 unspecified atom stereocenters. The maximum atomic E-state index is 13.2. The number of urea groups is 1. The molecule has 9 nitrogen and oxygen atoms in total. The number of imidazole rings is 1. The largest absolute Gasteiger partial charge is 0.411 e. The Hall–Kier alpha value is -3.33. The van der Waals surface area contributed by atoms with Crippen molar-refractivity contribution < 1.29 is 14.8 Å². The van der Waals surface area contributed by atoms with Gasteiger partial charge in [0.05, 0.1) is 6.54 Å². The summed E-state index contributed by atoms with van der Waals surface area (Å²) >= 11 is 6.23. The normalized spacial score (nSPS) is 11.7. The number of hydrogen-bond acceptors (Lipinski definition) is 5. The average Bonchev–Trinajstić information content (AvgIpc) is 3.29. The number of carbonyl (C=O) groups is 2. The second kappa shape index (κ2) is 8.58. The highest BCUT2D eigenvalue weighted by molar-refractivity contribution is 6.35. The van der Waals surface area contributed by atoms with Gasteiger partial charge in [-0.3, -0.25) is 9.69 Å². The van der Waals surface area contributed by atoms with E-state index in [9.17, 15) is 9.59 Å². The van der Waals surface area contributed by atoms with Crippen LogP contribution in [0.1, 0.15) is 35.9 Å². The number of hydrogen-bond donors (Lipinski definition) is 2. The van der Waals surface area contributed by atoms with Gasteiger partial charge in [-0.1, -0.05) is 22.8 Å². The lowest BCUT2D eigenvalue weighted by molar-refractivity contribution is 0.111. The Kier molecular flexibility index (Phi) is 6.12. The third-order valence-electron chi connectivity index (χ3n) is 4.91. The molecule has 0 fully saturated rings. The molecule has 0 aliphatic heterocycles. The predicted molar refractivity (Wildman–Crippen MR) is 116 cm³/mol. The van der Waals surface area contributed by atoms with E-state index in [2.05, 4.69) is 15.1 Å². The van der Waals surface area contributed by atoms with Crippen molar-refractivity contribution in [2.45, 2.75) is 20.4 Å². The van der Waals surface area contributed by atoms with Crippen LogP contribution in [0, 0.1) is 0 Å². The number of halogens is 1. The van der Waals surface area contributed by atoms with E-state index in [0.717, 1.165) is 16.6 Å². The molecule has 0 saturated carbocycles. The number of amides is 2. The fourth-order valence-corrected chi connectivity index (χ4v) is 3.59. The molecule has 30 heavy (non-hydrogen) atoms. The summed E-state index contributed by atoms with van der Waals surface area (Å²) in [7, 11) is 3.30. The summed E-state index contributed by atoms with van der Waals surface area (Å²) < 4.78 is 1.49. The van der Waals surface area contributed by atoms with Gasteiger partial charge < -0.3 is 19.7 Å². The van der Waals surface area contributed by atoms with Crippen LogP contribution >= 0.6 is 11.6 Å². The summed E-state index contributed by atoms with van der Waals surface area (Å²) in [5, 5.41) is 13.7. The fourth-order valence-electron chi connectivity index (χ4n) is 3.36. The summed E-state index contributed by atoms with van der Waals surface area (Å²) in [5.41, 5.74) is 2.17. The summed E-state index contributed by atoms with van der Waals surface area (Å²) in [5.74, 6) is 0.512. The zero-order chi connectivity index (χ0) is 22.0. The van der Waals surface area contributed by atoms with E-state index in [-0.39, 0.29) is 23.3 Å². The van der Waals surface area contributed by atoms with Crippen LogP contribution in [-0.4, -0.2) is 56.3 Å². The first-order valence-corrected chi connectivity index (χ1v) is 9.69. The molecule has 158 valence electrons. The van der Waals surface area contributed by atoms with Crippen molar-refractivity contribution >= 4 is 46.4 Å². The maximum Gasteiger partial charge on any atom is 0.325 e. The van der Waals surface area contributed by atoms with Crippen molar-refractivity contribution in [3.05, 3.63) is 46.5 Å². The molecule has 3 rings (SSSR count). The second-order valence-electron chi connectivity index (χ2n) is 6.89. The zero-order valence-corrected chi connectivity index (χ0v) is 17.9. The minimum Gasteiger partial charge on any atom is -0.411 e. The molecule has 3 aromatic rings.